The number of fused-ring (bicyclic) bond motifs is 8. The molecule has 9 aliphatic rings. The Morgan fingerprint density at radius 1 is 0.357 bits per heavy atom. The van der Waals surface area contributed by atoms with Crippen LogP contribution >= 0.6 is 69.6 Å². The molecule has 9 fully saturated rings. The van der Waals surface area contributed by atoms with Gasteiger partial charge in [-0.05, 0) is 274 Å². The third kappa shape index (κ3) is 23.4. The van der Waals surface area contributed by atoms with Gasteiger partial charge in [-0.2, -0.15) is 0 Å². The molecule has 12 aromatic heterocycles. The molecule has 0 saturated heterocycles. The van der Waals surface area contributed by atoms with Crippen LogP contribution in [0, 0.1) is 29.1 Å². The van der Waals surface area contributed by atoms with E-state index >= 15 is 0 Å². The van der Waals surface area contributed by atoms with Crippen LogP contribution in [0.15, 0.2) is 164 Å². The van der Waals surface area contributed by atoms with Crippen molar-refractivity contribution in [2.45, 2.75) is 238 Å². The highest BCUT2D eigenvalue weighted by Crippen LogP contribution is 2.62. The Labute approximate surface area is 857 Å². The second-order valence-corrected chi connectivity index (χ2v) is 41.1. The van der Waals surface area contributed by atoms with Crippen LogP contribution in [0.5, 0.6) is 5.75 Å². The highest BCUT2D eigenvalue weighted by Gasteiger charge is 2.54. The maximum Gasteiger partial charge on any atom is 0.264 e. The van der Waals surface area contributed by atoms with E-state index in [1.54, 1.807) is 36.4 Å². The van der Waals surface area contributed by atoms with Crippen LogP contribution < -0.4 is 36.6 Å². The predicted octanol–water partition coefficient (Wildman–Crippen LogP) is 24.2. The first kappa shape index (κ1) is 101. The zero-order chi connectivity index (χ0) is 99.7. The molecule has 3 aromatic carbocycles. The minimum atomic E-state index is -0.258. The highest BCUT2D eigenvalue weighted by atomic mass is 35.5. The Kier molecular flexibility index (Phi) is 31.9. The number of benzene rings is 3. The Hall–Kier alpha value is -12.3. The molecule has 0 aliphatic heterocycles. The molecule has 4 unspecified atom stereocenters. The number of nitrogens with one attached hydrogen (secondary N) is 6. The largest absolute Gasteiger partial charge is 0.484 e. The number of para-hydroxylation sites is 1. The molecule has 0 spiro atoms. The molecule has 9 aliphatic carbocycles. The summed E-state index contributed by atoms with van der Waals surface area (Å²) in [6.07, 6.45) is 25.5. The topological polar surface area (TPSA) is 377 Å². The number of pyridine rings is 6. The van der Waals surface area contributed by atoms with Gasteiger partial charge in [0.1, 0.15) is 76.4 Å². The Bertz CT molecular complexity index is 6960. The van der Waals surface area contributed by atoms with Gasteiger partial charge < -0.3 is 9.47 Å². The van der Waals surface area contributed by atoms with Gasteiger partial charge in [-0.1, -0.05) is 176 Å². The number of carbonyl (C=O) groups excluding carboxylic acids is 6. The van der Waals surface area contributed by atoms with Crippen molar-refractivity contribution in [1.82, 2.24) is 87.2 Å². The number of halogens is 6. The molecule has 32 nitrogen and oxygen atoms in total. The number of hydrogen-bond donors (Lipinski definition) is 6. The normalized spacial score (nSPS) is 17.7. The average Bonchev–Trinajstić information content (AvgIpc) is 1.73. The zero-order valence-corrected chi connectivity index (χ0v) is 85.2. The van der Waals surface area contributed by atoms with E-state index in [4.69, 9.17) is 79.1 Å². The Morgan fingerprint density at radius 2 is 0.664 bits per heavy atom. The number of hydrogen-bond acceptors (Lipinski definition) is 20. The Morgan fingerprint density at radius 3 is 0.979 bits per heavy atom. The van der Waals surface area contributed by atoms with E-state index in [0.29, 0.717) is 157 Å². The minimum Gasteiger partial charge on any atom is -0.484 e. The van der Waals surface area contributed by atoms with Gasteiger partial charge in [0.2, 0.25) is 59.3 Å². The van der Waals surface area contributed by atoms with Crippen LogP contribution in [0.1, 0.15) is 243 Å². The SMILES string of the molecule is CC(C(=O)Nc1nc2ccc(Cl)nc2n1C1CCC1)c1ccccc1.CC(C)C(=O)Nc1nc2ccc(Cl)nc2n1C1CCC1.CC1(C)C2CCC(CC(=O)Nc3nc4ccc(Cl)nc4n3C3CCC3)C1C2.CCOCC(=O)Nc1nc2ccc(Cl)nc2n1C1CCC1.O=C(CCc1ccccc1)Nc1nc2ccc(Cl)nc2n1C1CCC1.O=C(COc1ccccc1)Nc1nc2ccc(Cl)nc2n1C1CCC1. The van der Waals surface area contributed by atoms with Crippen molar-refractivity contribution < 1.29 is 38.2 Å². The summed E-state index contributed by atoms with van der Waals surface area (Å²) in [7, 11) is 0. The minimum absolute atomic E-state index is 0.0263. The number of aryl methyl sites for hydroxylation is 1. The van der Waals surface area contributed by atoms with Crippen LogP contribution in [0.25, 0.3) is 67.0 Å². The first-order valence-electron chi connectivity index (χ1n) is 49.6. The summed E-state index contributed by atoms with van der Waals surface area (Å²) >= 11 is 36.2. The van der Waals surface area contributed by atoms with E-state index in [0.717, 1.165) is 162 Å². The number of rotatable bonds is 26. The maximum absolute atomic E-state index is 12.9. The second-order valence-electron chi connectivity index (χ2n) is 38.8. The molecule has 4 atom stereocenters. The van der Waals surface area contributed by atoms with Gasteiger partial charge in [-0.3, -0.25) is 88.1 Å². The first-order chi connectivity index (χ1) is 69.2. The number of amides is 6. The lowest BCUT2D eigenvalue weighted by Gasteiger charge is -2.60. The molecule has 746 valence electrons. The van der Waals surface area contributed by atoms with E-state index < -0.39 is 0 Å². The fourth-order valence-electron chi connectivity index (χ4n) is 19.4. The van der Waals surface area contributed by atoms with Crippen LogP contribution in [-0.2, 0) is 39.9 Å². The van der Waals surface area contributed by atoms with Gasteiger partial charge in [0.15, 0.2) is 40.5 Å². The van der Waals surface area contributed by atoms with Gasteiger partial charge in [0.05, 0.1) is 5.92 Å². The first-order valence-corrected chi connectivity index (χ1v) is 51.9. The lowest BCUT2D eigenvalue weighted by molar-refractivity contribution is -0.129. The van der Waals surface area contributed by atoms with Crippen molar-refractivity contribution in [3.63, 3.8) is 0 Å². The smallest absolute Gasteiger partial charge is 0.264 e. The number of carbonyl (C=O) groups is 6. The molecular weight excluding hydrogens is 1940 g/mol. The van der Waals surface area contributed by atoms with Crippen molar-refractivity contribution in [3.05, 3.63) is 206 Å². The predicted molar refractivity (Wildman–Crippen MR) is 560 cm³/mol. The summed E-state index contributed by atoms with van der Waals surface area (Å²) in [6, 6.07) is 52.3. The van der Waals surface area contributed by atoms with E-state index in [1.807, 2.05) is 178 Å². The quantitative estimate of drug-likeness (QED) is 0.0274. The molecule has 9 saturated carbocycles. The molecule has 38 heteroatoms. The van der Waals surface area contributed by atoms with Gasteiger partial charge in [0, 0.05) is 61.6 Å². The van der Waals surface area contributed by atoms with Gasteiger partial charge in [0.25, 0.3) is 11.8 Å². The monoisotopic (exact) mass is 2050 g/mol. The van der Waals surface area contributed by atoms with E-state index in [9.17, 15) is 28.8 Å². The number of aromatic nitrogens is 18. The van der Waals surface area contributed by atoms with Crippen molar-refractivity contribution in [3.8, 4) is 5.75 Å². The summed E-state index contributed by atoms with van der Waals surface area (Å²) in [4.78, 5) is 128. The summed E-state index contributed by atoms with van der Waals surface area (Å²) in [5.41, 5.74) is 11.5. The molecular formula is C105H116Cl6N24O8. The van der Waals surface area contributed by atoms with E-state index in [2.05, 4.69) is 110 Å². The van der Waals surface area contributed by atoms with Crippen LogP contribution in [0.4, 0.5) is 35.7 Å². The Balaban J connectivity index is 0.000000113. The summed E-state index contributed by atoms with van der Waals surface area (Å²) in [5.74, 6) is 5.20. The van der Waals surface area contributed by atoms with Crippen molar-refractivity contribution in [1.29, 1.82) is 0 Å². The molecule has 143 heavy (non-hydrogen) atoms. The van der Waals surface area contributed by atoms with Crippen LogP contribution in [-0.4, -0.2) is 142 Å². The molecule has 6 amide bonds. The van der Waals surface area contributed by atoms with Crippen molar-refractivity contribution in [2.24, 2.45) is 29.1 Å². The molecule has 6 N–H and O–H groups in total. The fraction of sp³-hybridized carbons (Fsp3) is 0.429. The second kappa shape index (κ2) is 45.3. The van der Waals surface area contributed by atoms with Crippen LogP contribution in [0.2, 0.25) is 30.9 Å². The molecule has 2 bridgehead atoms. The highest BCUT2D eigenvalue weighted by molar-refractivity contribution is 6.31. The number of anilines is 6. The van der Waals surface area contributed by atoms with Gasteiger partial charge in [-0.15, -0.1) is 0 Å². The van der Waals surface area contributed by atoms with E-state index in [-0.39, 0.29) is 60.5 Å². The maximum atomic E-state index is 12.9. The summed E-state index contributed by atoms with van der Waals surface area (Å²) in [6.45, 7) is 12.7. The third-order valence-corrected chi connectivity index (χ3v) is 30.1. The average molecular weight is 2050 g/mol. The molecule has 12 heterocycles. The van der Waals surface area contributed by atoms with Crippen LogP contribution in [0.3, 0.4) is 0 Å². The summed E-state index contributed by atoms with van der Waals surface area (Å²) < 4.78 is 22.7. The molecule has 15 aromatic rings. The number of nitrogens with zero attached hydrogens (tertiary/aromatic N) is 18. The lowest BCUT2D eigenvalue weighted by atomic mass is 9.45. The van der Waals surface area contributed by atoms with Crippen molar-refractivity contribution in [2.75, 3.05) is 51.7 Å². The van der Waals surface area contributed by atoms with E-state index in [1.165, 1.54) is 51.4 Å². The number of ether oxygens (including phenoxy) is 2. The molecule has 0 radical (unpaired) electrons. The van der Waals surface area contributed by atoms with Gasteiger partial charge >= 0.3 is 0 Å². The fourth-order valence-corrected chi connectivity index (χ4v) is 20.3. The van der Waals surface area contributed by atoms with Crippen molar-refractivity contribution >= 4 is 208 Å². The third-order valence-electron chi connectivity index (χ3n) is 28.8. The summed E-state index contributed by atoms with van der Waals surface area (Å²) in [5, 5.41) is 20.2. The molecule has 24 rings (SSSR count). The van der Waals surface area contributed by atoms with Gasteiger partial charge in [-0.25, -0.2) is 59.8 Å². The zero-order valence-electron chi connectivity index (χ0n) is 80.6. The number of imidazole rings is 6. The standard InChI is InChI=1S/C21H27ClN4O.2C19H19ClN4O.C18H17ClN4O2.C14H17ClN4O2.C14H17ClN4O/c1-21(2)13-7-6-12(15(21)11-13)10-18(27)25-20-23-16-8-9-17(22)24-19(16)26(20)14-4-3-5-14;1-12(13-6-3-2-4-7-13)18(25)23-19-21-15-10-11-16(20)22-17(15)24(19)14-8-5-9-14;20-16-11-10-15-18(22-16)24(14-7-4-8-14)19(21-15)23-17(25)12-9-13-5-2-1-3-6-13;19-15-10-9-14-17(21-15)23(12-5-4-6-12)18(20-14)22-16(24)11-25-13-7-2-1-3-8-13;1-2-21-8-12(20)18-14-16-10-6-7-11(15)17-13(10)19(14)9-4-3-5-9;1-8(2)13(20)18-14-16-10-6-7-11(15)17-12(10)19(14)9-4-3-5-9/h8-9,12-15H,3-7,10-11H2,1-2H3,(H,23,25,27);2-4,6-7,10-12,14H,5,8-9H2,1H3,(H,21,23,25);1-3,5-6,10-11,14H,4,7-9,12H2,(H,21,23,25);1-3,7-10,12H,4-6,11H2,(H,20,22,24);6-7,9H,2-5,8H2,1H3,(H,16,18,20);6-9H,3-5H2,1-2H3,(H,16,18,20). The lowest BCUT2D eigenvalue weighted by Crippen LogP contribution is -2.52.